The summed E-state index contributed by atoms with van der Waals surface area (Å²) in [7, 11) is 0. The largest absolute Gasteiger partial charge is 0.416 e. The van der Waals surface area contributed by atoms with E-state index in [-0.39, 0.29) is 6.04 Å². The smallest absolute Gasteiger partial charge is 0.346 e. The lowest BCUT2D eigenvalue weighted by atomic mass is 10.1. The molecule has 1 aromatic carbocycles. The summed E-state index contributed by atoms with van der Waals surface area (Å²) in [5.74, 6) is 4.58. The third kappa shape index (κ3) is 4.55. The topological polar surface area (TPSA) is 45.2 Å². The van der Waals surface area contributed by atoms with Crippen molar-refractivity contribution in [2.75, 3.05) is 18.0 Å². The molecule has 0 aliphatic carbocycles. The Kier molecular flexibility index (Phi) is 5.18. The van der Waals surface area contributed by atoms with Gasteiger partial charge in [0.1, 0.15) is 0 Å². The standard InChI is InChI=1S/C18H16F3N3OS/c1-12-10-22-17(26-12)24-9-8-15(11-24)23-16(25)7-4-13-2-5-14(6-3-13)18(19,20)21/h2-3,5-6,10,15H,8-9,11H2,1H3,(H,23,25). The molecule has 1 amide bonds. The Hall–Kier alpha value is -2.53. The SMILES string of the molecule is Cc1cnc(N2CCC(NC(=O)C#Cc3ccc(C(F)(F)F)cc3)C2)s1. The van der Waals surface area contributed by atoms with E-state index in [1.807, 2.05) is 13.1 Å². The molecule has 1 aliphatic heterocycles. The predicted octanol–water partition coefficient (Wildman–Crippen LogP) is 3.22. The maximum Gasteiger partial charge on any atom is 0.416 e. The van der Waals surface area contributed by atoms with Gasteiger partial charge < -0.3 is 10.2 Å². The summed E-state index contributed by atoms with van der Waals surface area (Å²) in [6.07, 6.45) is -1.76. The molecule has 1 fully saturated rings. The number of amides is 1. The van der Waals surface area contributed by atoms with Gasteiger partial charge in [-0.25, -0.2) is 4.98 Å². The molecule has 136 valence electrons. The molecular formula is C18H16F3N3OS. The number of nitrogens with one attached hydrogen (secondary N) is 1. The highest BCUT2D eigenvalue weighted by Crippen LogP contribution is 2.29. The lowest BCUT2D eigenvalue weighted by Crippen LogP contribution is -2.36. The van der Waals surface area contributed by atoms with Gasteiger partial charge in [0.2, 0.25) is 0 Å². The molecule has 0 saturated carbocycles. The number of carbonyl (C=O) groups excluding carboxylic acids is 1. The monoisotopic (exact) mass is 379 g/mol. The number of benzene rings is 1. The van der Waals surface area contributed by atoms with E-state index in [4.69, 9.17) is 0 Å². The van der Waals surface area contributed by atoms with E-state index < -0.39 is 17.6 Å². The number of aromatic nitrogens is 1. The highest BCUT2D eigenvalue weighted by molar-refractivity contribution is 7.15. The fraction of sp³-hybridized carbons (Fsp3) is 0.333. The number of nitrogens with zero attached hydrogens (tertiary/aromatic N) is 2. The molecule has 0 bridgehead atoms. The second-order valence-electron chi connectivity index (χ2n) is 5.98. The van der Waals surface area contributed by atoms with Gasteiger partial charge in [0, 0.05) is 41.7 Å². The van der Waals surface area contributed by atoms with Crippen LogP contribution in [0.3, 0.4) is 0 Å². The highest BCUT2D eigenvalue weighted by atomic mass is 32.1. The molecule has 1 aromatic heterocycles. The van der Waals surface area contributed by atoms with E-state index in [1.54, 1.807) is 11.3 Å². The van der Waals surface area contributed by atoms with Crippen molar-refractivity contribution in [2.24, 2.45) is 0 Å². The maximum atomic E-state index is 12.5. The molecule has 8 heteroatoms. The number of carbonyl (C=O) groups is 1. The van der Waals surface area contributed by atoms with E-state index in [2.05, 4.69) is 27.0 Å². The summed E-state index contributed by atoms with van der Waals surface area (Å²) >= 11 is 1.61. The Morgan fingerprint density at radius 1 is 1.35 bits per heavy atom. The number of aryl methyl sites for hydroxylation is 1. The third-order valence-corrected chi connectivity index (χ3v) is 4.91. The van der Waals surface area contributed by atoms with Crippen molar-refractivity contribution in [2.45, 2.75) is 25.6 Å². The first-order chi connectivity index (χ1) is 12.3. The molecule has 26 heavy (non-hydrogen) atoms. The van der Waals surface area contributed by atoms with Gasteiger partial charge in [0.05, 0.1) is 5.56 Å². The second-order valence-corrected chi connectivity index (χ2v) is 7.20. The molecule has 2 aromatic rings. The van der Waals surface area contributed by atoms with E-state index in [0.717, 1.165) is 35.1 Å². The lowest BCUT2D eigenvalue weighted by molar-refractivity contribution is -0.137. The van der Waals surface area contributed by atoms with Crippen LogP contribution >= 0.6 is 11.3 Å². The molecule has 2 heterocycles. The molecule has 0 radical (unpaired) electrons. The Morgan fingerprint density at radius 3 is 2.69 bits per heavy atom. The number of halogens is 3. The highest BCUT2D eigenvalue weighted by Gasteiger charge is 2.30. The number of hydrogen-bond acceptors (Lipinski definition) is 4. The Balaban J connectivity index is 1.54. The fourth-order valence-corrected chi connectivity index (χ4v) is 3.43. The summed E-state index contributed by atoms with van der Waals surface area (Å²) in [4.78, 5) is 19.5. The minimum Gasteiger partial charge on any atom is -0.346 e. The molecule has 1 saturated heterocycles. The quantitative estimate of drug-likeness (QED) is 0.815. The van der Waals surface area contributed by atoms with Crippen LogP contribution in [0.1, 0.15) is 22.4 Å². The number of anilines is 1. The lowest BCUT2D eigenvalue weighted by Gasteiger charge is -2.14. The zero-order valence-corrected chi connectivity index (χ0v) is 14.7. The van der Waals surface area contributed by atoms with Crippen molar-refractivity contribution >= 4 is 22.4 Å². The number of rotatable bonds is 2. The molecule has 0 spiro atoms. The fourth-order valence-electron chi connectivity index (χ4n) is 2.63. The minimum atomic E-state index is -4.38. The summed E-state index contributed by atoms with van der Waals surface area (Å²) < 4.78 is 37.5. The van der Waals surface area contributed by atoms with Gasteiger partial charge >= 0.3 is 6.18 Å². The van der Waals surface area contributed by atoms with Gasteiger partial charge in [-0.15, -0.1) is 11.3 Å². The molecule has 3 rings (SSSR count). The van der Waals surface area contributed by atoms with Crippen LogP contribution in [-0.4, -0.2) is 30.0 Å². The molecule has 1 atom stereocenters. The van der Waals surface area contributed by atoms with Crippen molar-refractivity contribution in [1.29, 1.82) is 0 Å². The number of thiazole rings is 1. The molecule has 1 N–H and O–H groups in total. The predicted molar refractivity (Wildman–Crippen MR) is 93.9 cm³/mol. The van der Waals surface area contributed by atoms with Crippen molar-refractivity contribution < 1.29 is 18.0 Å². The summed E-state index contributed by atoms with van der Waals surface area (Å²) in [6.45, 7) is 3.47. The maximum absolute atomic E-state index is 12.5. The number of hydrogen-bond donors (Lipinski definition) is 1. The van der Waals surface area contributed by atoms with Gasteiger partial charge in [-0.3, -0.25) is 4.79 Å². The average Bonchev–Trinajstić information content (AvgIpc) is 3.21. The second kappa shape index (κ2) is 7.38. The normalized spacial score (nSPS) is 16.9. The van der Waals surface area contributed by atoms with Crippen LogP contribution in [-0.2, 0) is 11.0 Å². The zero-order chi connectivity index (χ0) is 18.7. The van der Waals surface area contributed by atoms with Crippen molar-refractivity contribution in [3.8, 4) is 11.8 Å². The summed E-state index contributed by atoms with van der Waals surface area (Å²) in [5.41, 5.74) is -0.379. The van der Waals surface area contributed by atoms with Gasteiger partial charge in [0.25, 0.3) is 5.91 Å². The average molecular weight is 379 g/mol. The van der Waals surface area contributed by atoms with Gasteiger partial charge in [-0.2, -0.15) is 13.2 Å². The minimum absolute atomic E-state index is 0.0198. The molecule has 4 nitrogen and oxygen atoms in total. The number of alkyl halides is 3. The Morgan fingerprint density at radius 2 is 2.08 bits per heavy atom. The van der Waals surface area contributed by atoms with E-state index in [9.17, 15) is 18.0 Å². The van der Waals surface area contributed by atoms with Crippen molar-refractivity contribution in [3.05, 3.63) is 46.5 Å². The Bertz CT molecular complexity index is 849. The van der Waals surface area contributed by atoms with Crippen LogP contribution in [0.2, 0.25) is 0 Å². The van der Waals surface area contributed by atoms with E-state index in [1.165, 1.54) is 12.1 Å². The van der Waals surface area contributed by atoms with Crippen LogP contribution in [0.25, 0.3) is 0 Å². The Labute approximate surface area is 153 Å². The van der Waals surface area contributed by atoms with Crippen LogP contribution in [0.5, 0.6) is 0 Å². The first-order valence-electron chi connectivity index (χ1n) is 7.98. The van der Waals surface area contributed by atoms with Crippen molar-refractivity contribution in [1.82, 2.24) is 10.3 Å². The molecule has 1 aliphatic rings. The van der Waals surface area contributed by atoms with E-state index >= 15 is 0 Å². The van der Waals surface area contributed by atoms with Crippen LogP contribution in [0.4, 0.5) is 18.3 Å². The van der Waals surface area contributed by atoms with Crippen molar-refractivity contribution in [3.63, 3.8) is 0 Å². The first-order valence-corrected chi connectivity index (χ1v) is 8.80. The van der Waals surface area contributed by atoms with E-state index in [0.29, 0.717) is 12.1 Å². The molecular weight excluding hydrogens is 363 g/mol. The summed E-state index contributed by atoms with van der Waals surface area (Å²) in [6, 6.07) is 4.39. The van der Waals surface area contributed by atoms with Gasteiger partial charge in [-0.05, 0) is 37.6 Å². The van der Waals surface area contributed by atoms with Gasteiger partial charge in [-0.1, -0.05) is 5.92 Å². The third-order valence-electron chi connectivity index (χ3n) is 3.94. The zero-order valence-electron chi connectivity index (χ0n) is 13.9. The summed E-state index contributed by atoms with van der Waals surface area (Å²) in [5, 5.41) is 3.77. The van der Waals surface area contributed by atoms with Crippen LogP contribution in [0, 0.1) is 18.8 Å². The first kappa shape index (κ1) is 18.3. The van der Waals surface area contributed by atoms with Crippen LogP contribution in [0.15, 0.2) is 30.5 Å². The van der Waals surface area contributed by atoms with Crippen LogP contribution < -0.4 is 10.2 Å². The van der Waals surface area contributed by atoms with Gasteiger partial charge in [0.15, 0.2) is 5.13 Å². The molecule has 1 unspecified atom stereocenters.